The lowest BCUT2D eigenvalue weighted by Gasteiger charge is -2.25. The van der Waals surface area contributed by atoms with Crippen molar-refractivity contribution in [1.82, 2.24) is 0 Å². The lowest BCUT2D eigenvalue weighted by atomic mass is 9.85. The number of rotatable bonds is 6. The van der Waals surface area contributed by atoms with E-state index in [2.05, 4.69) is 6.58 Å². The third kappa shape index (κ3) is 3.94. The summed E-state index contributed by atoms with van der Waals surface area (Å²) in [7, 11) is 1.51. The van der Waals surface area contributed by atoms with Crippen molar-refractivity contribution in [2.24, 2.45) is 0 Å². The molecule has 0 saturated heterocycles. The van der Waals surface area contributed by atoms with E-state index in [-0.39, 0.29) is 6.42 Å². The maximum absolute atomic E-state index is 12.3. The second-order valence-electron chi connectivity index (χ2n) is 7.45. The standard InChI is InChI=1S/C20H26O5/c1-7-19(2,3)14-9-12-8-13(10-17(21)20(4,5)23)15(24-6)11-16(12)25-18(14)22/h7-9,11,17,21,23H,1,10H2,2-6H3/t17-/m1/s1. The first-order valence-electron chi connectivity index (χ1n) is 8.19. The topological polar surface area (TPSA) is 79.9 Å². The molecule has 0 aliphatic heterocycles. The second-order valence-corrected chi connectivity index (χ2v) is 7.45. The van der Waals surface area contributed by atoms with E-state index in [0.29, 0.717) is 16.9 Å². The molecule has 0 amide bonds. The van der Waals surface area contributed by atoms with Gasteiger partial charge < -0.3 is 19.4 Å². The number of fused-ring (bicyclic) bond motifs is 1. The largest absolute Gasteiger partial charge is 0.496 e. The van der Waals surface area contributed by atoms with Crippen LogP contribution in [-0.2, 0) is 11.8 Å². The van der Waals surface area contributed by atoms with Gasteiger partial charge in [0.25, 0.3) is 0 Å². The predicted octanol–water partition coefficient (Wildman–Crippen LogP) is 2.94. The molecule has 0 fully saturated rings. The van der Waals surface area contributed by atoms with Crippen LogP contribution < -0.4 is 10.4 Å². The number of hydrogen-bond donors (Lipinski definition) is 2. The summed E-state index contributed by atoms with van der Waals surface area (Å²) in [5, 5.41) is 20.9. The molecule has 1 atom stereocenters. The molecule has 1 aromatic carbocycles. The average molecular weight is 346 g/mol. The first-order chi connectivity index (χ1) is 11.5. The molecular formula is C20H26O5. The molecule has 0 unspecified atom stereocenters. The molecule has 0 spiro atoms. The number of ether oxygens (including phenoxy) is 1. The Morgan fingerprint density at radius 2 is 1.92 bits per heavy atom. The van der Waals surface area contributed by atoms with E-state index in [1.165, 1.54) is 7.11 Å². The highest BCUT2D eigenvalue weighted by Gasteiger charge is 2.27. The number of aliphatic hydroxyl groups is 2. The van der Waals surface area contributed by atoms with Gasteiger partial charge in [0.1, 0.15) is 11.3 Å². The van der Waals surface area contributed by atoms with Crippen molar-refractivity contribution in [3.8, 4) is 5.75 Å². The van der Waals surface area contributed by atoms with Gasteiger partial charge in [0.2, 0.25) is 0 Å². The molecule has 1 aromatic heterocycles. The van der Waals surface area contributed by atoms with Crippen LogP contribution in [0.3, 0.4) is 0 Å². The summed E-state index contributed by atoms with van der Waals surface area (Å²) in [5.41, 5.74) is -0.536. The van der Waals surface area contributed by atoms with Crippen LogP contribution in [-0.4, -0.2) is 29.0 Å². The fraction of sp³-hybridized carbons (Fsp3) is 0.450. The van der Waals surface area contributed by atoms with Gasteiger partial charge in [-0.25, -0.2) is 4.79 Å². The summed E-state index contributed by atoms with van der Waals surface area (Å²) in [6.07, 6.45) is 0.953. The minimum Gasteiger partial charge on any atom is -0.496 e. The highest BCUT2D eigenvalue weighted by Crippen LogP contribution is 2.30. The lowest BCUT2D eigenvalue weighted by Crippen LogP contribution is -2.37. The molecule has 2 N–H and O–H groups in total. The Balaban J connectivity index is 2.62. The average Bonchev–Trinajstić information content (AvgIpc) is 2.52. The summed E-state index contributed by atoms with van der Waals surface area (Å²) in [4.78, 5) is 12.3. The van der Waals surface area contributed by atoms with Gasteiger partial charge >= 0.3 is 5.63 Å². The van der Waals surface area contributed by atoms with Gasteiger partial charge in [0.05, 0.1) is 18.8 Å². The zero-order valence-electron chi connectivity index (χ0n) is 15.4. The maximum atomic E-state index is 12.3. The molecule has 1 heterocycles. The summed E-state index contributed by atoms with van der Waals surface area (Å²) in [6.45, 7) is 10.7. The highest BCUT2D eigenvalue weighted by atomic mass is 16.5. The van der Waals surface area contributed by atoms with Crippen LogP contribution in [0.4, 0.5) is 0 Å². The molecular weight excluding hydrogens is 320 g/mol. The van der Waals surface area contributed by atoms with Crippen molar-refractivity contribution in [1.29, 1.82) is 0 Å². The Bertz CT molecular complexity index is 840. The zero-order chi connectivity index (χ0) is 19.0. The van der Waals surface area contributed by atoms with Gasteiger partial charge in [-0.1, -0.05) is 19.9 Å². The van der Waals surface area contributed by atoms with Gasteiger partial charge in [-0.3, -0.25) is 0 Å². The van der Waals surface area contributed by atoms with Crippen LogP contribution in [0.2, 0.25) is 0 Å². The number of hydrogen-bond acceptors (Lipinski definition) is 5. The Kier molecular flexibility index (Phi) is 5.11. The van der Waals surface area contributed by atoms with Crippen molar-refractivity contribution in [3.63, 3.8) is 0 Å². The monoisotopic (exact) mass is 346 g/mol. The molecule has 5 nitrogen and oxygen atoms in total. The van der Waals surface area contributed by atoms with Crippen molar-refractivity contribution in [2.45, 2.75) is 51.2 Å². The van der Waals surface area contributed by atoms with E-state index >= 15 is 0 Å². The Morgan fingerprint density at radius 1 is 1.28 bits per heavy atom. The lowest BCUT2D eigenvalue weighted by molar-refractivity contribution is -0.0471. The summed E-state index contributed by atoms with van der Waals surface area (Å²) in [6, 6.07) is 5.23. The fourth-order valence-electron chi connectivity index (χ4n) is 2.56. The molecule has 5 heteroatoms. The molecule has 0 saturated carbocycles. The third-order valence-electron chi connectivity index (χ3n) is 4.57. The Labute approximate surface area is 147 Å². The van der Waals surface area contributed by atoms with Crippen LogP contribution in [0.5, 0.6) is 5.75 Å². The second kappa shape index (κ2) is 6.65. The smallest absolute Gasteiger partial charge is 0.340 e. The normalized spacial score (nSPS) is 13.7. The van der Waals surface area contributed by atoms with Gasteiger partial charge in [-0.15, -0.1) is 6.58 Å². The van der Waals surface area contributed by atoms with E-state index in [1.807, 2.05) is 19.9 Å². The van der Waals surface area contributed by atoms with E-state index in [1.54, 1.807) is 32.1 Å². The number of benzene rings is 1. The highest BCUT2D eigenvalue weighted by molar-refractivity contribution is 5.80. The maximum Gasteiger partial charge on any atom is 0.340 e. The number of allylic oxidation sites excluding steroid dienone is 1. The summed E-state index contributed by atoms with van der Waals surface area (Å²) < 4.78 is 10.8. The molecule has 2 aromatic rings. The van der Waals surface area contributed by atoms with Gasteiger partial charge in [0, 0.05) is 28.9 Å². The molecule has 0 radical (unpaired) electrons. The molecule has 2 rings (SSSR count). The van der Waals surface area contributed by atoms with E-state index < -0.39 is 22.7 Å². The van der Waals surface area contributed by atoms with Crippen LogP contribution in [0, 0.1) is 0 Å². The summed E-state index contributed by atoms with van der Waals surface area (Å²) in [5.74, 6) is 0.495. The quantitative estimate of drug-likeness (QED) is 0.621. The molecule has 136 valence electrons. The Morgan fingerprint density at radius 3 is 2.44 bits per heavy atom. The third-order valence-corrected chi connectivity index (χ3v) is 4.57. The number of aliphatic hydroxyl groups excluding tert-OH is 1. The molecule has 0 aliphatic carbocycles. The van der Waals surface area contributed by atoms with E-state index in [4.69, 9.17) is 9.15 Å². The SMILES string of the molecule is C=CC(C)(C)c1cc2cc(C[C@@H](O)C(C)(C)O)c(OC)cc2oc1=O. The fourth-order valence-corrected chi connectivity index (χ4v) is 2.56. The van der Waals surface area contributed by atoms with Gasteiger partial charge in [-0.2, -0.15) is 0 Å². The number of methoxy groups -OCH3 is 1. The minimum atomic E-state index is -1.24. The van der Waals surface area contributed by atoms with Crippen molar-refractivity contribution >= 4 is 11.0 Å². The molecule has 0 aliphatic rings. The van der Waals surface area contributed by atoms with Crippen LogP contribution in [0.15, 0.2) is 40.1 Å². The Hall–Kier alpha value is -2.11. The first kappa shape index (κ1) is 19.2. The molecule has 25 heavy (non-hydrogen) atoms. The van der Waals surface area contributed by atoms with Gasteiger partial charge in [0.15, 0.2) is 0 Å². The van der Waals surface area contributed by atoms with Crippen molar-refractivity contribution in [2.75, 3.05) is 7.11 Å². The van der Waals surface area contributed by atoms with Crippen LogP contribution in [0.1, 0.15) is 38.8 Å². The minimum absolute atomic E-state index is 0.210. The van der Waals surface area contributed by atoms with E-state index in [9.17, 15) is 15.0 Å². The predicted molar refractivity (Wildman–Crippen MR) is 98.3 cm³/mol. The van der Waals surface area contributed by atoms with Gasteiger partial charge in [-0.05, 0) is 31.5 Å². The van der Waals surface area contributed by atoms with E-state index in [0.717, 1.165) is 10.9 Å². The van der Waals surface area contributed by atoms with Crippen molar-refractivity contribution < 1.29 is 19.4 Å². The zero-order valence-corrected chi connectivity index (χ0v) is 15.4. The molecule has 0 bridgehead atoms. The van der Waals surface area contributed by atoms with Crippen molar-refractivity contribution in [3.05, 3.63) is 52.4 Å². The van der Waals surface area contributed by atoms with Crippen LogP contribution >= 0.6 is 0 Å². The first-order valence-corrected chi connectivity index (χ1v) is 8.19. The summed E-state index contributed by atoms with van der Waals surface area (Å²) >= 11 is 0. The van der Waals surface area contributed by atoms with Crippen LogP contribution in [0.25, 0.3) is 11.0 Å².